The second-order valence-corrected chi connectivity index (χ2v) is 7.43. The van der Waals surface area contributed by atoms with Gasteiger partial charge in [-0.3, -0.25) is 9.59 Å². The molecular weight excluding hydrogens is 354 g/mol. The van der Waals surface area contributed by atoms with Crippen molar-refractivity contribution in [3.8, 4) is 5.75 Å². The molecule has 2 heterocycles. The Morgan fingerprint density at radius 2 is 1.88 bits per heavy atom. The number of carbonyl (C=O) groups excluding carboxylic acids is 2. The van der Waals surface area contributed by atoms with E-state index in [0.717, 1.165) is 10.4 Å². The second-order valence-electron chi connectivity index (χ2n) is 5.49. The highest BCUT2D eigenvalue weighted by molar-refractivity contribution is 7.14. The minimum atomic E-state index is -0.195. The van der Waals surface area contributed by atoms with Crippen molar-refractivity contribution in [1.82, 2.24) is 5.32 Å². The average Bonchev–Trinajstić information content (AvgIpc) is 3.30. The summed E-state index contributed by atoms with van der Waals surface area (Å²) in [7, 11) is 0. The van der Waals surface area contributed by atoms with Gasteiger partial charge < -0.3 is 10.1 Å². The average molecular weight is 371 g/mol. The van der Waals surface area contributed by atoms with Crippen molar-refractivity contribution in [2.75, 3.05) is 6.61 Å². The Hall–Kier alpha value is -2.44. The van der Waals surface area contributed by atoms with E-state index in [1.54, 1.807) is 6.07 Å². The minimum absolute atomic E-state index is 0.0199. The number of carbonyl (C=O) groups is 2. The number of ketones is 1. The third-order valence-electron chi connectivity index (χ3n) is 3.52. The van der Waals surface area contributed by atoms with Gasteiger partial charge in [-0.1, -0.05) is 17.7 Å². The molecule has 0 aliphatic rings. The van der Waals surface area contributed by atoms with Gasteiger partial charge in [-0.2, -0.15) is 11.3 Å². The molecule has 1 aromatic carbocycles. The number of ether oxygens (including phenoxy) is 1. The van der Waals surface area contributed by atoms with Gasteiger partial charge in [0, 0.05) is 15.8 Å². The van der Waals surface area contributed by atoms with E-state index in [0.29, 0.717) is 22.7 Å². The molecule has 0 fully saturated rings. The molecule has 3 aromatic rings. The first kappa shape index (κ1) is 17.4. The van der Waals surface area contributed by atoms with Crippen LogP contribution in [-0.2, 0) is 11.3 Å². The fourth-order valence-corrected chi connectivity index (χ4v) is 3.70. The lowest BCUT2D eigenvalue weighted by atomic mass is 10.2. The quantitative estimate of drug-likeness (QED) is 0.638. The number of benzene rings is 1. The third-order valence-corrected chi connectivity index (χ3v) is 5.29. The van der Waals surface area contributed by atoms with Gasteiger partial charge in [-0.25, -0.2) is 0 Å². The molecule has 25 heavy (non-hydrogen) atoms. The van der Waals surface area contributed by atoms with Crippen LogP contribution in [0.25, 0.3) is 0 Å². The molecule has 128 valence electrons. The number of amides is 1. The number of thiophene rings is 2. The standard InChI is InChI=1S/C19H17NO3S2/c1-13-2-4-15(5-3-13)23-11-18(21)20-10-16-6-7-17(25-16)19(22)14-8-9-24-12-14/h2-9,12H,10-11H2,1H3,(H,20,21). The Balaban J connectivity index is 1.47. The molecular formula is C19H17NO3S2. The van der Waals surface area contributed by atoms with Crippen LogP contribution in [0.1, 0.15) is 25.7 Å². The zero-order chi connectivity index (χ0) is 17.6. The van der Waals surface area contributed by atoms with Gasteiger partial charge in [0.25, 0.3) is 5.91 Å². The first-order valence-corrected chi connectivity index (χ1v) is 9.49. The molecule has 2 aromatic heterocycles. The predicted molar refractivity (Wildman–Crippen MR) is 101 cm³/mol. The molecule has 0 aliphatic carbocycles. The van der Waals surface area contributed by atoms with Gasteiger partial charge in [0.2, 0.25) is 5.78 Å². The van der Waals surface area contributed by atoms with Crippen LogP contribution >= 0.6 is 22.7 Å². The topological polar surface area (TPSA) is 55.4 Å². The largest absolute Gasteiger partial charge is 0.484 e. The molecule has 3 rings (SSSR count). The minimum Gasteiger partial charge on any atom is -0.484 e. The highest BCUT2D eigenvalue weighted by Crippen LogP contribution is 2.21. The van der Waals surface area contributed by atoms with Crippen LogP contribution in [0.3, 0.4) is 0 Å². The lowest BCUT2D eigenvalue weighted by Gasteiger charge is -2.07. The van der Waals surface area contributed by atoms with Gasteiger partial charge in [-0.05, 0) is 42.6 Å². The van der Waals surface area contributed by atoms with E-state index >= 15 is 0 Å². The van der Waals surface area contributed by atoms with E-state index in [-0.39, 0.29) is 18.3 Å². The van der Waals surface area contributed by atoms with Crippen LogP contribution in [0, 0.1) is 6.92 Å². The van der Waals surface area contributed by atoms with Crippen molar-refractivity contribution in [2.45, 2.75) is 13.5 Å². The van der Waals surface area contributed by atoms with Gasteiger partial charge in [0.1, 0.15) is 5.75 Å². The predicted octanol–water partition coefficient (Wildman–Crippen LogP) is 4.04. The van der Waals surface area contributed by atoms with Crippen molar-refractivity contribution in [3.05, 3.63) is 74.1 Å². The highest BCUT2D eigenvalue weighted by Gasteiger charge is 2.12. The van der Waals surface area contributed by atoms with E-state index in [1.165, 1.54) is 22.7 Å². The molecule has 6 heteroatoms. The van der Waals surface area contributed by atoms with Crippen LogP contribution in [-0.4, -0.2) is 18.3 Å². The highest BCUT2D eigenvalue weighted by atomic mass is 32.1. The maximum atomic E-state index is 12.3. The summed E-state index contributed by atoms with van der Waals surface area (Å²) >= 11 is 2.90. The molecule has 0 atom stereocenters. The Bertz CT molecular complexity index is 851. The number of rotatable bonds is 7. The molecule has 0 saturated carbocycles. The first-order chi connectivity index (χ1) is 12.1. The smallest absolute Gasteiger partial charge is 0.258 e. The van der Waals surface area contributed by atoms with Gasteiger partial charge in [0.15, 0.2) is 6.61 Å². The summed E-state index contributed by atoms with van der Waals surface area (Å²) < 4.78 is 5.44. The van der Waals surface area contributed by atoms with Crippen LogP contribution in [0.2, 0.25) is 0 Å². The lowest BCUT2D eigenvalue weighted by Crippen LogP contribution is -2.28. The zero-order valence-corrected chi connectivity index (χ0v) is 15.3. The molecule has 0 spiro atoms. The van der Waals surface area contributed by atoms with E-state index in [9.17, 15) is 9.59 Å². The summed E-state index contributed by atoms with van der Waals surface area (Å²) in [4.78, 5) is 25.8. The normalized spacial score (nSPS) is 10.4. The van der Waals surface area contributed by atoms with Crippen molar-refractivity contribution in [1.29, 1.82) is 0 Å². The van der Waals surface area contributed by atoms with Crippen molar-refractivity contribution < 1.29 is 14.3 Å². The van der Waals surface area contributed by atoms with E-state index < -0.39 is 0 Å². The summed E-state index contributed by atoms with van der Waals surface area (Å²) in [5, 5.41) is 6.53. The van der Waals surface area contributed by atoms with Crippen molar-refractivity contribution in [2.24, 2.45) is 0 Å². The summed E-state index contributed by atoms with van der Waals surface area (Å²) in [5.74, 6) is 0.492. The Morgan fingerprint density at radius 3 is 2.60 bits per heavy atom. The number of nitrogens with one attached hydrogen (secondary N) is 1. The second kappa shape index (κ2) is 8.09. The molecule has 0 bridgehead atoms. The van der Waals surface area contributed by atoms with Gasteiger partial charge >= 0.3 is 0 Å². The molecule has 1 amide bonds. The fraction of sp³-hybridized carbons (Fsp3) is 0.158. The molecule has 0 saturated heterocycles. The van der Waals surface area contributed by atoms with E-state index in [1.807, 2.05) is 54.1 Å². The Kier molecular flexibility index (Phi) is 5.63. The summed E-state index contributed by atoms with van der Waals surface area (Å²) in [6, 6.07) is 13.0. The molecule has 0 radical (unpaired) electrons. The van der Waals surface area contributed by atoms with Gasteiger partial charge in [-0.15, -0.1) is 11.3 Å². The van der Waals surface area contributed by atoms with E-state index in [2.05, 4.69) is 5.32 Å². The first-order valence-electron chi connectivity index (χ1n) is 7.73. The molecule has 1 N–H and O–H groups in total. The SMILES string of the molecule is Cc1ccc(OCC(=O)NCc2ccc(C(=O)c3ccsc3)s2)cc1. The van der Waals surface area contributed by atoms with Crippen molar-refractivity contribution in [3.63, 3.8) is 0 Å². The molecule has 0 aliphatic heterocycles. The Labute approximate surface area is 154 Å². The number of aryl methyl sites for hydroxylation is 1. The maximum Gasteiger partial charge on any atom is 0.258 e. The van der Waals surface area contributed by atoms with Crippen LogP contribution in [0.5, 0.6) is 5.75 Å². The number of hydrogen-bond donors (Lipinski definition) is 1. The molecule has 4 nitrogen and oxygen atoms in total. The van der Waals surface area contributed by atoms with Crippen LogP contribution in [0.4, 0.5) is 0 Å². The van der Waals surface area contributed by atoms with Gasteiger partial charge in [0.05, 0.1) is 11.4 Å². The number of hydrogen-bond acceptors (Lipinski definition) is 5. The summed E-state index contributed by atoms with van der Waals surface area (Å²) in [6.45, 7) is 2.35. The zero-order valence-electron chi connectivity index (χ0n) is 13.7. The lowest BCUT2D eigenvalue weighted by molar-refractivity contribution is -0.123. The van der Waals surface area contributed by atoms with E-state index in [4.69, 9.17) is 4.74 Å². The summed E-state index contributed by atoms with van der Waals surface area (Å²) in [6.07, 6.45) is 0. The van der Waals surface area contributed by atoms with Crippen LogP contribution in [0.15, 0.2) is 53.2 Å². The Morgan fingerprint density at radius 1 is 1.08 bits per heavy atom. The fourth-order valence-electron chi connectivity index (χ4n) is 2.15. The molecule has 0 unspecified atom stereocenters. The third kappa shape index (κ3) is 4.78. The monoisotopic (exact) mass is 371 g/mol. The maximum absolute atomic E-state index is 12.3. The summed E-state index contributed by atoms with van der Waals surface area (Å²) in [5.41, 5.74) is 1.84. The van der Waals surface area contributed by atoms with Crippen molar-refractivity contribution >= 4 is 34.4 Å². The van der Waals surface area contributed by atoms with Crippen LogP contribution < -0.4 is 10.1 Å².